The Labute approximate surface area is 161 Å². The topological polar surface area (TPSA) is 18.5 Å². The van der Waals surface area contributed by atoms with Gasteiger partial charge in [-0.3, -0.25) is 0 Å². The molecular weight excluding hydrogens is 348 g/mol. The summed E-state index contributed by atoms with van der Waals surface area (Å²) >= 11 is 0. The largest absolute Gasteiger partial charge is 0.509 e. The first-order valence-electron chi connectivity index (χ1n) is 9.27. The van der Waals surface area contributed by atoms with E-state index in [-0.39, 0.29) is 0 Å². The first-order chi connectivity index (χ1) is 13.3. The van der Waals surface area contributed by atoms with Crippen LogP contribution in [-0.4, -0.2) is 8.56 Å². The molecule has 27 heavy (non-hydrogen) atoms. The van der Waals surface area contributed by atoms with Gasteiger partial charge in [-0.05, 0) is 35.0 Å². The van der Waals surface area contributed by atoms with E-state index in [1.807, 2.05) is 60.7 Å². The van der Waals surface area contributed by atoms with Crippen molar-refractivity contribution < 1.29 is 8.85 Å². The fraction of sp³-hybridized carbons (Fsp3) is 0.0833. The summed E-state index contributed by atoms with van der Waals surface area (Å²) in [6.45, 7) is 2.15. The van der Waals surface area contributed by atoms with E-state index >= 15 is 0 Å². The second-order valence-corrected chi connectivity index (χ2v) is 9.62. The van der Waals surface area contributed by atoms with Gasteiger partial charge in [0, 0.05) is 11.2 Å². The predicted molar refractivity (Wildman–Crippen MR) is 114 cm³/mol. The molecular formula is C24H22O2Si. The van der Waals surface area contributed by atoms with Crippen molar-refractivity contribution in [3.63, 3.8) is 0 Å². The van der Waals surface area contributed by atoms with E-state index in [0.717, 1.165) is 22.7 Å². The van der Waals surface area contributed by atoms with Crippen LogP contribution in [0, 0.1) is 0 Å². The van der Waals surface area contributed by atoms with Crippen LogP contribution in [0.3, 0.4) is 0 Å². The zero-order valence-corrected chi connectivity index (χ0v) is 16.3. The van der Waals surface area contributed by atoms with Gasteiger partial charge in [-0.25, -0.2) is 0 Å². The predicted octanol–water partition coefficient (Wildman–Crippen LogP) is 5.67. The average Bonchev–Trinajstić information content (AvgIpc) is 2.74. The Morgan fingerprint density at radius 2 is 1.11 bits per heavy atom. The highest BCUT2D eigenvalue weighted by molar-refractivity contribution is 6.84. The summed E-state index contributed by atoms with van der Waals surface area (Å²) in [5.41, 5.74) is 0. The summed E-state index contributed by atoms with van der Waals surface area (Å²) in [5, 5.41) is 3.56. The van der Waals surface area contributed by atoms with E-state index in [4.69, 9.17) is 8.85 Å². The lowest BCUT2D eigenvalue weighted by molar-refractivity contribution is 0.400. The Hall–Kier alpha value is -3.04. The van der Waals surface area contributed by atoms with Crippen molar-refractivity contribution in [3.8, 4) is 11.5 Å². The van der Waals surface area contributed by atoms with E-state index in [0.29, 0.717) is 0 Å². The lowest BCUT2D eigenvalue weighted by Gasteiger charge is -2.32. The van der Waals surface area contributed by atoms with Crippen molar-refractivity contribution in [1.82, 2.24) is 0 Å². The third-order valence-corrected chi connectivity index (χ3v) is 8.04. The second-order valence-electron chi connectivity index (χ2n) is 6.46. The molecule has 134 valence electrons. The number of hydrogen-bond donors (Lipinski definition) is 0. The maximum absolute atomic E-state index is 6.67. The Balaban J connectivity index is 1.88. The zero-order chi connectivity index (χ0) is 18.5. The standard InChI is InChI=1S/C24H22O2Si/c1-2-27(25-21-14-5-3-6-15-21,26-22-16-7-4-8-17-22)24-19-11-13-20-12-9-10-18-23(20)24/h3-19H,2H2,1H3. The first-order valence-corrected chi connectivity index (χ1v) is 11.3. The quantitative estimate of drug-likeness (QED) is 0.407. The summed E-state index contributed by atoms with van der Waals surface area (Å²) in [6, 6.07) is 35.6. The molecule has 0 saturated carbocycles. The van der Waals surface area contributed by atoms with Crippen LogP contribution in [0.4, 0.5) is 0 Å². The molecule has 4 aromatic rings. The van der Waals surface area contributed by atoms with Crippen LogP contribution in [0.5, 0.6) is 11.5 Å². The molecule has 0 saturated heterocycles. The number of fused-ring (bicyclic) bond motifs is 1. The molecule has 0 bridgehead atoms. The highest BCUT2D eigenvalue weighted by Gasteiger charge is 2.44. The van der Waals surface area contributed by atoms with E-state index in [1.54, 1.807) is 0 Å². The number of hydrogen-bond acceptors (Lipinski definition) is 2. The minimum Gasteiger partial charge on any atom is -0.509 e. The molecule has 0 fully saturated rings. The molecule has 0 aliphatic rings. The third-order valence-electron chi connectivity index (χ3n) is 4.72. The molecule has 2 nitrogen and oxygen atoms in total. The molecule has 0 amide bonds. The van der Waals surface area contributed by atoms with E-state index in [2.05, 4.69) is 49.4 Å². The van der Waals surface area contributed by atoms with Crippen LogP contribution in [0.1, 0.15) is 6.92 Å². The van der Waals surface area contributed by atoms with Gasteiger partial charge in [0.1, 0.15) is 11.5 Å². The van der Waals surface area contributed by atoms with Gasteiger partial charge in [-0.15, -0.1) is 0 Å². The zero-order valence-electron chi connectivity index (χ0n) is 15.3. The van der Waals surface area contributed by atoms with Crippen molar-refractivity contribution in [2.45, 2.75) is 13.0 Å². The molecule has 4 rings (SSSR count). The molecule has 0 heterocycles. The van der Waals surface area contributed by atoms with Crippen molar-refractivity contribution in [1.29, 1.82) is 0 Å². The average molecular weight is 371 g/mol. The van der Waals surface area contributed by atoms with Crippen LogP contribution < -0.4 is 14.0 Å². The summed E-state index contributed by atoms with van der Waals surface area (Å²) in [4.78, 5) is 0. The maximum Gasteiger partial charge on any atom is 0.496 e. The Kier molecular flexibility index (Phi) is 4.94. The monoisotopic (exact) mass is 370 g/mol. The lowest BCUT2D eigenvalue weighted by Crippen LogP contribution is -2.59. The van der Waals surface area contributed by atoms with Gasteiger partial charge in [0.2, 0.25) is 0 Å². The van der Waals surface area contributed by atoms with E-state index in [1.165, 1.54) is 10.8 Å². The highest BCUT2D eigenvalue weighted by Crippen LogP contribution is 2.25. The SMILES string of the molecule is CC[Si](Oc1ccccc1)(Oc1ccccc1)c1cccc2ccccc12. The normalized spacial score (nSPS) is 11.3. The molecule has 0 atom stereocenters. The molecule has 0 aliphatic heterocycles. The lowest BCUT2D eigenvalue weighted by atomic mass is 10.1. The van der Waals surface area contributed by atoms with Gasteiger partial charge in [-0.2, -0.15) is 0 Å². The van der Waals surface area contributed by atoms with Crippen LogP contribution in [0.2, 0.25) is 6.04 Å². The van der Waals surface area contributed by atoms with E-state index < -0.39 is 8.56 Å². The molecule has 4 aromatic carbocycles. The Bertz CT molecular complexity index is 969. The number of benzene rings is 4. The summed E-state index contributed by atoms with van der Waals surface area (Å²) in [7, 11) is -2.79. The summed E-state index contributed by atoms with van der Waals surface area (Å²) in [5.74, 6) is 1.68. The second kappa shape index (κ2) is 7.68. The highest BCUT2D eigenvalue weighted by atomic mass is 28.4. The molecule has 0 aliphatic carbocycles. The van der Waals surface area contributed by atoms with Crippen LogP contribution >= 0.6 is 0 Å². The molecule has 0 aromatic heterocycles. The Morgan fingerprint density at radius 3 is 1.70 bits per heavy atom. The molecule has 0 radical (unpaired) electrons. The minimum absolute atomic E-state index is 0.796. The van der Waals surface area contributed by atoms with E-state index in [9.17, 15) is 0 Å². The summed E-state index contributed by atoms with van der Waals surface area (Å²) in [6.07, 6.45) is 0. The van der Waals surface area contributed by atoms with Crippen molar-refractivity contribution in [3.05, 3.63) is 103 Å². The van der Waals surface area contributed by atoms with Gasteiger partial charge in [-0.1, -0.05) is 85.8 Å². The van der Waals surface area contributed by atoms with Crippen molar-refractivity contribution in [2.24, 2.45) is 0 Å². The van der Waals surface area contributed by atoms with Gasteiger partial charge in [0.25, 0.3) is 0 Å². The summed E-state index contributed by atoms with van der Waals surface area (Å²) < 4.78 is 13.3. The number of rotatable bonds is 6. The molecule has 0 N–H and O–H groups in total. The molecule has 3 heteroatoms. The fourth-order valence-corrected chi connectivity index (χ4v) is 6.33. The minimum atomic E-state index is -2.79. The van der Waals surface area contributed by atoms with Gasteiger partial charge >= 0.3 is 8.56 Å². The fourth-order valence-electron chi connectivity index (χ4n) is 3.38. The van der Waals surface area contributed by atoms with Gasteiger partial charge < -0.3 is 8.85 Å². The van der Waals surface area contributed by atoms with Gasteiger partial charge in [0.15, 0.2) is 0 Å². The molecule has 0 unspecified atom stereocenters. The van der Waals surface area contributed by atoms with Crippen LogP contribution in [0.15, 0.2) is 103 Å². The third kappa shape index (κ3) is 3.60. The van der Waals surface area contributed by atoms with Gasteiger partial charge in [0.05, 0.1) is 0 Å². The Morgan fingerprint density at radius 1 is 0.593 bits per heavy atom. The number of para-hydroxylation sites is 2. The first kappa shape index (κ1) is 17.4. The molecule has 0 spiro atoms. The smallest absolute Gasteiger partial charge is 0.496 e. The van der Waals surface area contributed by atoms with Crippen molar-refractivity contribution >= 4 is 24.5 Å². The van der Waals surface area contributed by atoms with Crippen LogP contribution in [0.25, 0.3) is 10.8 Å². The van der Waals surface area contributed by atoms with Crippen LogP contribution in [-0.2, 0) is 0 Å². The van der Waals surface area contributed by atoms with Crippen molar-refractivity contribution in [2.75, 3.05) is 0 Å². The maximum atomic E-state index is 6.67.